The summed E-state index contributed by atoms with van der Waals surface area (Å²) >= 11 is 1.20. The third-order valence-corrected chi connectivity index (χ3v) is 10.2. The number of para-hydroxylation sites is 1. The summed E-state index contributed by atoms with van der Waals surface area (Å²) in [6, 6.07) is 28.5. The van der Waals surface area contributed by atoms with Crippen LogP contribution in [0.2, 0.25) is 0 Å². The minimum Gasteiger partial charge on any atom is -0.453 e. The third-order valence-electron chi connectivity index (χ3n) is 7.63. The van der Waals surface area contributed by atoms with E-state index in [-0.39, 0.29) is 28.1 Å². The number of anilines is 2. The zero-order chi connectivity index (χ0) is 34.2. The van der Waals surface area contributed by atoms with Crippen molar-refractivity contribution in [1.29, 1.82) is 5.26 Å². The number of aromatic nitrogens is 4. The molecular formula is C33H30N8O6S2. The van der Waals surface area contributed by atoms with Gasteiger partial charge in [-0.25, -0.2) is 18.4 Å². The summed E-state index contributed by atoms with van der Waals surface area (Å²) in [7, 11) is -4.21. The van der Waals surface area contributed by atoms with Crippen molar-refractivity contribution in [2.24, 2.45) is 0 Å². The first-order valence-electron chi connectivity index (χ1n) is 15.2. The van der Waals surface area contributed by atoms with Gasteiger partial charge in [-0.1, -0.05) is 78.5 Å². The largest absolute Gasteiger partial charge is 0.453 e. The zero-order valence-corrected chi connectivity index (χ0v) is 27.6. The summed E-state index contributed by atoms with van der Waals surface area (Å²) in [5, 5.41) is 28.5. The highest BCUT2D eigenvalue weighted by atomic mass is 32.2. The third kappa shape index (κ3) is 7.81. The van der Waals surface area contributed by atoms with E-state index in [1.165, 1.54) is 23.9 Å². The summed E-state index contributed by atoms with van der Waals surface area (Å²) < 4.78 is 36.0. The summed E-state index contributed by atoms with van der Waals surface area (Å²) in [6.07, 6.45) is 0. The number of carbonyl (C=O) groups excluding carboxylic acids is 1. The van der Waals surface area contributed by atoms with E-state index in [1.807, 2.05) is 60.7 Å². The summed E-state index contributed by atoms with van der Waals surface area (Å²) in [6.45, 7) is 2.53. The van der Waals surface area contributed by atoms with Crippen molar-refractivity contribution in [3.05, 3.63) is 102 Å². The Labute approximate surface area is 286 Å². The molecule has 0 bridgehead atoms. The number of hydrogen-bond acceptors (Lipinski definition) is 13. The Balaban J connectivity index is 1.04. The maximum Gasteiger partial charge on any atom is 0.415 e. The number of thioether (sulfide) groups is 1. The maximum atomic E-state index is 13.2. The number of hydrogen-bond donors (Lipinski definition) is 1. The van der Waals surface area contributed by atoms with Crippen LogP contribution in [0, 0.1) is 16.5 Å². The van der Waals surface area contributed by atoms with Crippen molar-refractivity contribution in [1.82, 2.24) is 24.9 Å². The zero-order valence-electron chi connectivity index (χ0n) is 26.0. The molecule has 3 aromatic carbocycles. The number of ether oxygens (including phenoxy) is 1. The molecule has 14 nitrogen and oxygen atoms in total. The van der Waals surface area contributed by atoms with Gasteiger partial charge in [0.1, 0.15) is 18.2 Å². The van der Waals surface area contributed by atoms with Crippen LogP contribution in [0.25, 0.3) is 11.3 Å². The van der Waals surface area contributed by atoms with E-state index in [4.69, 9.17) is 4.74 Å². The predicted octanol–water partition coefficient (Wildman–Crippen LogP) is 3.53. The highest BCUT2D eigenvalue weighted by Gasteiger charge is 2.36. The van der Waals surface area contributed by atoms with Crippen LogP contribution in [-0.4, -0.2) is 84.3 Å². The van der Waals surface area contributed by atoms with Gasteiger partial charge in [-0.3, -0.25) is 14.3 Å². The number of amides is 1. The molecule has 1 saturated heterocycles. The molecule has 0 saturated carbocycles. The fourth-order valence-corrected chi connectivity index (χ4v) is 7.16. The lowest BCUT2D eigenvalue weighted by Crippen LogP contribution is -2.50. The number of nitrogens with zero attached hydrogens (tertiary/aromatic N) is 7. The van der Waals surface area contributed by atoms with Crippen molar-refractivity contribution >= 4 is 39.0 Å². The van der Waals surface area contributed by atoms with Gasteiger partial charge in [0, 0.05) is 44.0 Å². The van der Waals surface area contributed by atoms with Gasteiger partial charge in [0.25, 0.3) is 9.84 Å². The maximum absolute atomic E-state index is 13.2. The van der Waals surface area contributed by atoms with Crippen LogP contribution in [0.4, 0.5) is 11.5 Å². The number of rotatable bonds is 12. The number of benzene rings is 3. The van der Waals surface area contributed by atoms with E-state index in [2.05, 4.69) is 36.0 Å². The molecule has 0 aliphatic carbocycles. The molecule has 1 aliphatic rings. The highest BCUT2D eigenvalue weighted by molar-refractivity contribution is 7.99. The normalized spacial score (nSPS) is 13.5. The Morgan fingerprint density at radius 2 is 1.63 bits per heavy atom. The fourth-order valence-electron chi connectivity index (χ4n) is 5.11. The molecule has 3 heterocycles. The Bertz CT molecular complexity index is 2050. The van der Waals surface area contributed by atoms with E-state index in [9.17, 15) is 23.7 Å². The lowest BCUT2D eigenvalue weighted by atomic mass is 10.1. The minimum absolute atomic E-state index is 0.0484. The molecule has 1 fully saturated rings. The second kappa shape index (κ2) is 15.2. The van der Waals surface area contributed by atoms with Crippen molar-refractivity contribution in [2.75, 3.05) is 50.4 Å². The molecule has 1 aliphatic heterocycles. The summed E-state index contributed by atoms with van der Waals surface area (Å²) in [5.74, 6) is -0.0271. The van der Waals surface area contributed by atoms with Crippen molar-refractivity contribution in [3.63, 3.8) is 0 Å². The molecule has 0 radical (unpaired) electrons. The molecule has 16 heteroatoms. The smallest absolute Gasteiger partial charge is 0.415 e. The van der Waals surface area contributed by atoms with Gasteiger partial charge < -0.3 is 20.2 Å². The van der Waals surface area contributed by atoms with E-state index < -0.39 is 20.7 Å². The van der Waals surface area contributed by atoms with Gasteiger partial charge in [-0.15, -0.1) is 0 Å². The molecule has 2 aromatic heterocycles. The van der Waals surface area contributed by atoms with Gasteiger partial charge >= 0.3 is 10.9 Å². The van der Waals surface area contributed by atoms with Crippen molar-refractivity contribution in [3.8, 4) is 23.2 Å². The van der Waals surface area contributed by atoms with Crippen LogP contribution in [0.3, 0.4) is 0 Å². The second-order valence-corrected chi connectivity index (χ2v) is 13.6. The van der Waals surface area contributed by atoms with Crippen LogP contribution in [0.5, 0.6) is 5.88 Å². The number of nitrogens with one attached hydrogen (secondary N) is 1. The Hall–Kier alpha value is -5.50. The van der Waals surface area contributed by atoms with Crippen LogP contribution < -0.4 is 15.0 Å². The lowest BCUT2D eigenvalue weighted by Gasteiger charge is -2.34. The first-order valence-corrected chi connectivity index (χ1v) is 17.7. The molecule has 0 spiro atoms. The summed E-state index contributed by atoms with van der Waals surface area (Å²) in [5.41, 5.74) is 2.30. The molecular weight excluding hydrogens is 669 g/mol. The SMILES string of the molecule is N#Cc1c(Nc2ccccc2)nc(SCC(=O)N2CCN(CCOc3no[n+]([O-])c3S(=O)(=O)c3ccccc3)CC2)nc1-c1ccccc1. The van der Waals surface area contributed by atoms with Crippen LogP contribution in [-0.2, 0) is 14.6 Å². The molecule has 0 unspecified atom stereocenters. The number of nitriles is 1. The van der Waals surface area contributed by atoms with Crippen LogP contribution in [0.1, 0.15) is 5.56 Å². The average Bonchev–Trinajstić information content (AvgIpc) is 3.52. The van der Waals surface area contributed by atoms with Crippen LogP contribution in [0.15, 0.2) is 111 Å². The van der Waals surface area contributed by atoms with Gasteiger partial charge in [0.05, 0.1) is 21.5 Å². The highest BCUT2D eigenvalue weighted by Crippen LogP contribution is 2.31. The summed E-state index contributed by atoms with van der Waals surface area (Å²) in [4.78, 5) is 26.1. The van der Waals surface area contributed by atoms with Crippen molar-refractivity contribution in [2.45, 2.75) is 15.1 Å². The van der Waals surface area contributed by atoms with E-state index in [1.54, 1.807) is 23.1 Å². The Kier molecular flexibility index (Phi) is 10.3. The number of carbonyl (C=O) groups is 1. The number of piperazine rings is 1. The van der Waals surface area contributed by atoms with Gasteiger partial charge in [0.15, 0.2) is 11.0 Å². The molecule has 1 amide bonds. The Morgan fingerprint density at radius 3 is 2.31 bits per heavy atom. The van der Waals surface area contributed by atoms with Gasteiger partial charge in [-0.2, -0.15) is 5.26 Å². The lowest BCUT2D eigenvalue weighted by molar-refractivity contribution is -0.832. The predicted molar refractivity (Wildman–Crippen MR) is 179 cm³/mol. The first kappa shape index (κ1) is 33.4. The minimum atomic E-state index is -4.21. The Morgan fingerprint density at radius 1 is 0.980 bits per heavy atom. The molecule has 6 rings (SSSR count). The quantitative estimate of drug-likeness (QED) is 0.114. The van der Waals surface area contributed by atoms with E-state index in [0.717, 1.165) is 11.3 Å². The number of sulfone groups is 1. The van der Waals surface area contributed by atoms with Gasteiger partial charge in [0.2, 0.25) is 5.91 Å². The van der Waals surface area contributed by atoms with E-state index in [0.29, 0.717) is 55.0 Å². The average molecular weight is 699 g/mol. The topological polar surface area (TPSA) is 181 Å². The standard InChI is InChI=1S/C33H30N8O6S2/c34-22-27-29(24-10-4-1-5-11-24)36-33(37-30(27)35-25-12-6-2-7-13-25)48-23-28(42)40-18-16-39(17-19-40)20-21-46-31-32(41(43)47-38-31)49(44,45)26-14-8-3-9-15-26/h1-15H,16-21,23H2,(H,35,36,37). The molecule has 250 valence electrons. The van der Waals surface area contributed by atoms with Crippen molar-refractivity contribution < 1.29 is 27.5 Å². The molecule has 5 aromatic rings. The van der Waals surface area contributed by atoms with E-state index >= 15 is 0 Å². The fraction of sp³-hybridized carbons (Fsp3) is 0.212. The molecule has 49 heavy (non-hydrogen) atoms. The molecule has 1 N–H and O–H groups in total. The van der Waals surface area contributed by atoms with Gasteiger partial charge in [-0.05, 0) is 29.2 Å². The first-order chi connectivity index (χ1) is 23.8. The monoisotopic (exact) mass is 698 g/mol. The van der Waals surface area contributed by atoms with Crippen LogP contribution >= 0.6 is 11.8 Å². The second-order valence-electron chi connectivity index (χ2n) is 10.8. The molecule has 0 atom stereocenters.